The molecule has 0 saturated heterocycles. The molecule has 1 N–H and O–H groups in total. The Labute approximate surface area is 92.7 Å². The third-order valence-electron chi connectivity index (χ3n) is 2.09. The van der Waals surface area contributed by atoms with Crippen LogP contribution in [0.25, 0.3) is 0 Å². The molecule has 17 heavy (non-hydrogen) atoms. The third-order valence-corrected chi connectivity index (χ3v) is 2.09. The number of halogens is 6. The number of aliphatic hydroxyl groups excluding tert-OH is 1. The van der Waals surface area contributed by atoms with E-state index >= 15 is 0 Å². The SMILES string of the molecule is O[C@H](Cc1ccc(C(F)(F)F)cc1)C(F)(F)F. The minimum atomic E-state index is -4.78. The van der Waals surface area contributed by atoms with Crippen molar-refractivity contribution in [2.75, 3.05) is 0 Å². The number of hydrogen-bond acceptors (Lipinski definition) is 1. The van der Waals surface area contributed by atoms with E-state index in [0.717, 1.165) is 12.1 Å². The Morgan fingerprint density at radius 2 is 1.41 bits per heavy atom. The highest BCUT2D eigenvalue weighted by Gasteiger charge is 2.38. The molecule has 0 aliphatic carbocycles. The van der Waals surface area contributed by atoms with E-state index in [-0.39, 0.29) is 5.56 Å². The maximum absolute atomic E-state index is 12.1. The molecule has 0 aliphatic heterocycles. The Bertz CT molecular complexity index is 364. The molecule has 96 valence electrons. The van der Waals surface area contributed by atoms with Gasteiger partial charge in [-0.1, -0.05) is 12.1 Å². The summed E-state index contributed by atoms with van der Waals surface area (Å²) in [5.41, 5.74) is -0.953. The fourth-order valence-corrected chi connectivity index (χ4v) is 1.17. The van der Waals surface area contributed by atoms with Crippen LogP contribution in [0.2, 0.25) is 0 Å². The van der Waals surface area contributed by atoms with Gasteiger partial charge in [-0.25, -0.2) is 0 Å². The summed E-state index contributed by atoms with van der Waals surface area (Å²) in [6, 6.07) is 3.19. The van der Waals surface area contributed by atoms with E-state index in [4.69, 9.17) is 5.11 Å². The van der Waals surface area contributed by atoms with Crippen molar-refractivity contribution in [2.24, 2.45) is 0 Å². The lowest BCUT2D eigenvalue weighted by Gasteiger charge is -2.14. The van der Waals surface area contributed by atoms with E-state index < -0.39 is 30.4 Å². The molecule has 0 amide bonds. The van der Waals surface area contributed by atoms with Gasteiger partial charge >= 0.3 is 12.4 Å². The molecule has 0 aliphatic rings. The van der Waals surface area contributed by atoms with Gasteiger partial charge in [0, 0.05) is 6.42 Å². The molecule has 0 spiro atoms. The summed E-state index contributed by atoms with van der Waals surface area (Å²) >= 11 is 0. The number of alkyl halides is 6. The number of hydrogen-bond donors (Lipinski definition) is 1. The molecule has 1 atom stereocenters. The van der Waals surface area contributed by atoms with E-state index in [1.165, 1.54) is 0 Å². The number of aliphatic hydroxyl groups is 1. The molecule has 1 aromatic carbocycles. The van der Waals surface area contributed by atoms with Crippen LogP contribution in [-0.2, 0) is 12.6 Å². The van der Waals surface area contributed by atoms with Crippen LogP contribution in [-0.4, -0.2) is 17.4 Å². The van der Waals surface area contributed by atoms with Gasteiger partial charge in [0.05, 0.1) is 5.56 Å². The average Bonchev–Trinajstić information content (AvgIpc) is 2.15. The molecule has 0 aromatic heterocycles. The summed E-state index contributed by atoms with van der Waals surface area (Å²) in [4.78, 5) is 0. The van der Waals surface area contributed by atoms with Crippen molar-refractivity contribution < 1.29 is 31.4 Å². The Morgan fingerprint density at radius 3 is 1.76 bits per heavy atom. The van der Waals surface area contributed by atoms with Crippen LogP contribution >= 0.6 is 0 Å². The Hall–Kier alpha value is -1.24. The molecule has 7 heteroatoms. The quantitative estimate of drug-likeness (QED) is 0.808. The lowest BCUT2D eigenvalue weighted by Crippen LogP contribution is -2.30. The minimum Gasteiger partial charge on any atom is -0.383 e. The fraction of sp³-hybridized carbons (Fsp3) is 0.400. The van der Waals surface area contributed by atoms with Crippen LogP contribution < -0.4 is 0 Å². The van der Waals surface area contributed by atoms with Crippen molar-refractivity contribution in [3.63, 3.8) is 0 Å². The van der Waals surface area contributed by atoms with Gasteiger partial charge in [-0.3, -0.25) is 0 Å². The molecular formula is C10H8F6O. The van der Waals surface area contributed by atoms with Gasteiger partial charge in [-0.15, -0.1) is 0 Å². The molecule has 0 radical (unpaired) electrons. The molecule has 1 aromatic rings. The Balaban J connectivity index is 2.76. The van der Waals surface area contributed by atoms with Gasteiger partial charge in [0.1, 0.15) is 0 Å². The first kappa shape index (κ1) is 13.8. The van der Waals surface area contributed by atoms with Crippen molar-refractivity contribution in [2.45, 2.75) is 24.9 Å². The van der Waals surface area contributed by atoms with E-state index in [1.807, 2.05) is 0 Å². The molecule has 0 heterocycles. The summed E-state index contributed by atoms with van der Waals surface area (Å²) in [6.07, 6.45) is -12.6. The van der Waals surface area contributed by atoms with E-state index in [9.17, 15) is 26.3 Å². The molecule has 1 nitrogen and oxygen atoms in total. The smallest absolute Gasteiger partial charge is 0.383 e. The van der Waals surface area contributed by atoms with Crippen molar-refractivity contribution in [1.82, 2.24) is 0 Å². The standard InChI is InChI=1S/C10H8F6O/c11-9(12,13)7-3-1-6(2-4-7)5-8(17)10(14,15)16/h1-4,8,17H,5H2/t8-/m1/s1. The van der Waals surface area contributed by atoms with Crippen LogP contribution in [0.4, 0.5) is 26.3 Å². The van der Waals surface area contributed by atoms with Crippen molar-refractivity contribution in [3.05, 3.63) is 35.4 Å². The van der Waals surface area contributed by atoms with Crippen LogP contribution in [0, 0.1) is 0 Å². The van der Waals surface area contributed by atoms with Gasteiger partial charge in [-0.2, -0.15) is 26.3 Å². The van der Waals surface area contributed by atoms with Crippen molar-refractivity contribution >= 4 is 0 Å². The minimum absolute atomic E-state index is 0.0113. The largest absolute Gasteiger partial charge is 0.416 e. The second-order valence-electron chi connectivity index (χ2n) is 3.46. The van der Waals surface area contributed by atoms with Crippen molar-refractivity contribution in [1.29, 1.82) is 0 Å². The summed E-state index contributed by atoms with van der Waals surface area (Å²) < 4.78 is 72.3. The highest BCUT2D eigenvalue weighted by Crippen LogP contribution is 2.30. The molecule has 0 fully saturated rings. The average molecular weight is 258 g/mol. The monoisotopic (exact) mass is 258 g/mol. The van der Waals surface area contributed by atoms with Crippen molar-refractivity contribution in [3.8, 4) is 0 Å². The second kappa shape index (κ2) is 4.56. The first-order chi connectivity index (χ1) is 7.60. The zero-order valence-corrected chi connectivity index (χ0v) is 8.31. The van der Waals surface area contributed by atoms with Gasteiger partial charge in [0.15, 0.2) is 6.10 Å². The van der Waals surface area contributed by atoms with Crippen LogP contribution in [0.15, 0.2) is 24.3 Å². The van der Waals surface area contributed by atoms with E-state index in [2.05, 4.69) is 0 Å². The topological polar surface area (TPSA) is 20.2 Å². The zero-order valence-electron chi connectivity index (χ0n) is 8.31. The second-order valence-corrected chi connectivity index (χ2v) is 3.46. The molecule has 0 unspecified atom stereocenters. The summed E-state index contributed by atoms with van der Waals surface area (Å²) in [5.74, 6) is 0. The Morgan fingerprint density at radius 1 is 0.941 bits per heavy atom. The maximum atomic E-state index is 12.1. The van der Waals surface area contributed by atoms with Gasteiger partial charge in [0.25, 0.3) is 0 Å². The normalized spacial score (nSPS) is 14.8. The van der Waals surface area contributed by atoms with Crippen LogP contribution in [0.1, 0.15) is 11.1 Å². The lowest BCUT2D eigenvalue weighted by atomic mass is 10.1. The molecule has 0 bridgehead atoms. The number of rotatable bonds is 2. The summed E-state index contributed by atoms with van der Waals surface area (Å²) in [7, 11) is 0. The van der Waals surface area contributed by atoms with Gasteiger partial charge in [0.2, 0.25) is 0 Å². The van der Waals surface area contributed by atoms with E-state index in [1.54, 1.807) is 0 Å². The predicted molar refractivity (Wildman–Crippen MR) is 47.2 cm³/mol. The molecule has 0 saturated carbocycles. The highest BCUT2D eigenvalue weighted by molar-refractivity contribution is 5.25. The first-order valence-corrected chi connectivity index (χ1v) is 4.51. The fourth-order valence-electron chi connectivity index (χ4n) is 1.17. The lowest BCUT2D eigenvalue weighted by molar-refractivity contribution is -0.203. The third kappa shape index (κ3) is 3.92. The first-order valence-electron chi connectivity index (χ1n) is 4.51. The van der Waals surface area contributed by atoms with Crippen LogP contribution in [0.3, 0.4) is 0 Å². The molecular weight excluding hydrogens is 250 g/mol. The Kier molecular flexibility index (Phi) is 3.71. The van der Waals surface area contributed by atoms with Gasteiger partial charge in [-0.05, 0) is 17.7 Å². The van der Waals surface area contributed by atoms with Crippen LogP contribution in [0.5, 0.6) is 0 Å². The van der Waals surface area contributed by atoms with E-state index in [0.29, 0.717) is 12.1 Å². The number of benzene rings is 1. The predicted octanol–water partition coefficient (Wildman–Crippen LogP) is 3.17. The molecule has 1 rings (SSSR count). The summed E-state index contributed by atoms with van der Waals surface area (Å²) in [6.45, 7) is 0. The zero-order chi connectivity index (χ0) is 13.3. The highest BCUT2D eigenvalue weighted by atomic mass is 19.4. The maximum Gasteiger partial charge on any atom is 0.416 e. The summed E-state index contributed by atoms with van der Waals surface area (Å²) in [5, 5.41) is 8.72. The van der Waals surface area contributed by atoms with Gasteiger partial charge < -0.3 is 5.11 Å².